The Labute approximate surface area is 146 Å². The van der Waals surface area contributed by atoms with Crippen LogP contribution in [0.1, 0.15) is 11.1 Å². The molecule has 0 unspecified atom stereocenters. The van der Waals surface area contributed by atoms with Gasteiger partial charge in [0.1, 0.15) is 17.3 Å². The Kier molecular flexibility index (Phi) is 3.61. The smallest absolute Gasteiger partial charge is 0.222 e. The Hall–Kier alpha value is -3.75. The maximum atomic E-state index is 14.3. The predicted octanol–water partition coefficient (Wildman–Crippen LogP) is 2.60. The van der Waals surface area contributed by atoms with Crippen molar-refractivity contribution in [3.05, 3.63) is 54.1 Å². The molecule has 0 spiro atoms. The average Bonchev–Trinajstić information content (AvgIpc) is 3.26. The van der Waals surface area contributed by atoms with E-state index in [4.69, 9.17) is 10.2 Å². The second-order valence-corrected chi connectivity index (χ2v) is 5.53. The highest BCUT2D eigenvalue weighted by atomic mass is 19.1. The van der Waals surface area contributed by atoms with Crippen molar-refractivity contribution in [2.45, 2.75) is 6.54 Å². The van der Waals surface area contributed by atoms with Crippen molar-refractivity contribution in [3.8, 4) is 17.2 Å². The third kappa shape index (κ3) is 2.55. The van der Waals surface area contributed by atoms with Crippen LogP contribution in [0.3, 0.4) is 0 Å². The zero-order chi connectivity index (χ0) is 18.3. The molecule has 0 amide bonds. The van der Waals surface area contributed by atoms with Crippen LogP contribution in [0.2, 0.25) is 0 Å². The number of nitrogens with two attached hydrogens (primary N) is 1. The van der Waals surface area contributed by atoms with Gasteiger partial charge in [0.05, 0.1) is 12.8 Å². The second kappa shape index (κ2) is 5.96. The van der Waals surface area contributed by atoms with Crippen LogP contribution >= 0.6 is 0 Å². The molecule has 130 valence electrons. The third-order valence-electron chi connectivity index (χ3n) is 3.88. The first kappa shape index (κ1) is 15.8. The van der Waals surface area contributed by atoms with E-state index in [1.54, 1.807) is 12.1 Å². The molecular formula is C17H13FN6O2. The molecule has 4 aromatic rings. The number of phenols is 1. The van der Waals surface area contributed by atoms with Gasteiger partial charge < -0.3 is 15.3 Å². The summed E-state index contributed by atoms with van der Waals surface area (Å²) >= 11 is 0. The minimum absolute atomic E-state index is 0.0163. The van der Waals surface area contributed by atoms with E-state index in [0.717, 1.165) is 6.07 Å². The molecule has 0 saturated carbocycles. The van der Waals surface area contributed by atoms with E-state index < -0.39 is 5.82 Å². The zero-order valence-electron chi connectivity index (χ0n) is 13.4. The number of fused-ring (bicyclic) bond motifs is 1. The molecule has 0 saturated heterocycles. The Morgan fingerprint density at radius 2 is 2.19 bits per heavy atom. The lowest BCUT2D eigenvalue weighted by Crippen LogP contribution is -2.08. The maximum Gasteiger partial charge on any atom is 0.222 e. The number of hydrogen-bond acceptors (Lipinski definition) is 7. The third-order valence-corrected chi connectivity index (χ3v) is 3.88. The molecule has 26 heavy (non-hydrogen) atoms. The molecule has 8 nitrogen and oxygen atoms in total. The molecule has 3 N–H and O–H groups in total. The van der Waals surface area contributed by atoms with E-state index in [0.29, 0.717) is 33.7 Å². The molecule has 4 rings (SSSR count). The number of furan rings is 1. The number of rotatable bonds is 4. The van der Waals surface area contributed by atoms with Crippen molar-refractivity contribution < 1.29 is 13.9 Å². The fraction of sp³-hybridized carbons (Fsp3) is 0.0588. The number of aromatic nitrogens is 5. The maximum absolute atomic E-state index is 14.3. The molecule has 0 radical (unpaired) electrons. The first-order valence-electron chi connectivity index (χ1n) is 7.61. The van der Waals surface area contributed by atoms with Crippen molar-refractivity contribution >= 4 is 23.2 Å². The van der Waals surface area contributed by atoms with Crippen LogP contribution in [0.5, 0.6) is 5.75 Å². The summed E-state index contributed by atoms with van der Waals surface area (Å²) < 4.78 is 21.1. The van der Waals surface area contributed by atoms with Crippen LogP contribution in [-0.4, -0.2) is 30.1 Å². The van der Waals surface area contributed by atoms with E-state index >= 15 is 0 Å². The molecule has 1 aromatic carbocycles. The summed E-state index contributed by atoms with van der Waals surface area (Å²) in [6.45, 7) is 3.67. The average molecular weight is 352 g/mol. The number of anilines is 1. The van der Waals surface area contributed by atoms with E-state index in [-0.39, 0.29) is 18.2 Å². The largest absolute Gasteiger partial charge is 0.508 e. The SMILES string of the molecule is C=Cc1cc(O)cc(F)c1Cn1nnc2c(-c3ccco3)nc(N)nc21. The van der Waals surface area contributed by atoms with Gasteiger partial charge in [0.2, 0.25) is 5.95 Å². The van der Waals surface area contributed by atoms with Crippen molar-refractivity contribution in [2.75, 3.05) is 5.73 Å². The van der Waals surface area contributed by atoms with Gasteiger partial charge in [0.25, 0.3) is 0 Å². The summed E-state index contributed by atoms with van der Waals surface area (Å²) in [5.41, 5.74) is 7.66. The van der Waals surface area contributed by atoms with E-state index in [1.165, 1.54) is 23.1 Å². The van der Waals surface area contributed by atoms with Crippen LogP contribution in [-0.2, 0) is 6.54 Å². The van der Waals surface area contributed by atoms with Gasteiger partial charge in [0, 0.05) is 11.6 Å². The van der Waals surface area contributed by atoms with Gasteiger partial charge in [-0.25, -0.2) is 14.1 Å². The van der Waals surface area contributed by atoms with Crippen LogP contribution in [0.25, 0.3) is 28.7 Å². The van der Waals surface area contributed by atoms with Crippen LogP contribution < -0.4 is 5.73 Å². The lowest BCUT2D eigenvalue weighted by Gasteiger charge is -2.09. The molecule has 0 aliphatic rings. The standard InChI is InChI=1S/C17H13FN6O2/c1-2-9-6-10(25)7-12(18)11(9)8-24-16-15(22-23-24)14(20-17(19)21-16)13-4-3-5-26-13/h2-7,25H,1,8H2,(H2,19,20,21). The normalized spacial score (nSPS) is 11.1. The van der Waals surface area contributed by atoms with Crippen molar-refractivity contribution in [1.29, 1.82) is 0 Å². The van der Waals surface area contributed by atoms with Gasteiger partial charge in [-0.3, -0.25) is 0 Å². The summed E-state index contributed by atoms with van der Waals surface area (Å²) in [5.74, 6) is -0.283. The summed E-state index contributed by atoms with van der Waals surface area (Å²) in [5, 5.41) is 17.7. The molecule has 3 aromatic heterocycles. The van der Waals surface area contributed by atoms with Crippen molar-refractivity contribution in [2.24, 2.45) is 0 Å². The number of nitrogens with zero attached hydrogens (tertiary/aromatic N) is 5. The van der Waals surface area contributed by atoms with Crippen molar-refractivity contribution in [1.82, 2.24) is 25.0 Å². The fourth-order valence-corrected chi connectivity index (χ4v) is 2.71. The highest BCUT2D eigenvalue weighted by Gasteiger charge is 2.19. The van der Waals surface area contributed by atoms with E-state index in [9.17, 15) is 9.50 Å². The molecular weight excluding hydrogens is 339 g/mol. The number of nitrogen functional groups attached to an aromatic ring is 1. The molecule has 0 fully saturated rings. The zero-order valence-corrected chi connectivity index (χ0v) is 13.4. The number of aromatic hydroxyl groups is 1. The second-order valence-electron chi connectivity index (χ2n) is 5.53. The van der Waals surface area contributed by atoms with E-state index in [2.05, 4.69) is 26.9 Å². The van der Waals surface area contributed by atoms with Crippen molar-refractivity contribution in [3.63, 3.8) is 0 Å². The minimum atomic E-state index is -0.586. The lowest BCUT2D eigenvalue weighted by molar-refractivity contribution is 0.466. The summed E-state index contributed by atoms with van der Waals surface area (Å²) in [7, 11) is 0. The molecule has 0 aliphatic heterocycles. The van der Waals surface area contributed by atoms with Gasteiger partial charge in [-0.1, -0.05) is 17.9 Å². The summed E-state index contributed by atoms with van der Waals surface area (Å²) in [6, 6.07) is 5.88. The number of hydrogen-bond donors (Lipinski definition) is 2. The molecule has 0 aliphatic carbocycles. The monoisotopic (exact) mass is 352 g/mol. The molecule has 0 atom stereocenters. The molecule has 9 heteroatoms. The highest BCUT2D eigenvalue weighted by molar-refractivity contribution is 5.86. The fourth-order valence-electron chi connectivity index (χ4n) is 2.71. The predicted molar refractivity (Wildman–Crippen MR) is 92.5 cm³/mol. The highest BCUT2D eigenvalue weighted by Crippen LogP contribution is 2.27. The van der Waals surface area contributed by atoms with Crippen LogP contribution in [0.15, 0.2) is 41.5 Å². The van der Waals surface area contributed by atoms with Gasteiger partial charge >= 0.3 is 0 Å². The first-order chi connectivity index (χ1) is 12.6. The lowest BCUT2D eigenvalue weighted by atomic mass is 10.1. The molecule has 0 bridgehead atoms. The van der Waals surface area contributed by atoms with Crippen LogP contribution in [0.4, 0.5) is 10.3 Å². The first-order valence-corrected chi connectivity index (χ1v) is 7.61. The van der Waals surface area contributed by atoms with Gasteiger partial charge in [0.15, 0.2) is 16.9 Å². The number of benzene rings is 1. The number of halogens is 1. The summed E-state index contributed by atoms with van der Waals surface area (Å²) in [4.78, 5) is 8.33. The Bertz CT molecular complexity index is 1120. The molecule has 3 heterocycles. The Morgan fingerprint density at radius 1 is 1.35 bits per heavy atom. The Morgan fingerprint density at radius 3 is 2.92 bits per heavy atom. The van der Waals surface area contributed by atoms with Crippen LogP contribution in [0, 0.1) is 5.82 Å². The van der Waals surface area contributed by atoms with Gasteiger partial charge in [-0.2, -0.15) is 4.98 Å². The van der Waals surface area contributed by atoms with Gasteiger partial charge in [-0.15, -0.1) is 5.10 Å². The number of phenolic OH excluding ortho intramolecular Hbond substituents is 1. The quantitative estimate of drug-likeness (QED) is 0.580. The van der Waals surface area contributed by atoms with Gasteiger partial charge in [-0.05, 0) is 23.8 Å². The Balaban J connectivity index is 1.86. The minimum Gasteiger partial charge on any atom is -0.508 e. The van der Waals surface area contributed by atoms with E-state index in [1.807, 2.05) is 0 Å². The topological polar surface area (TPSA) is 116 Å². The summed E-state index contributed by atoms with van der Waals surface area (Å²) in [6.07, 6.45) is 2.96.